The van der Waals surface area contributed by atoms with E-state index in [1.807, 2.05) is 0 Å². The summed E-state index contributed by atoms with van der Waals surface area (Å²) in [7, 11) is -3.34. The fourth-order valence-corrected chi connectivity index (χ4v) is 2.97. The molecule has 0 bridgehead atoms. The van der Waals surface area contributed by atoms with E-state index in [9.17, 15) is 18.0 Å². The lowest BCUT2D eigenvalue weighted by Crippen LogP contribution is -2.32. The quantitative estimate of drug-likeness (QED) is 0.864. The normalized spacial score (nSPS) is 11.0. The maximum Gasteiger partial charge on any atom is 0.261 e. The van der Waals surface area contributed by atoms with Crippen LogP contribution in [0.15, 0.2) is 46.7 Å². The van der Waals surface area contributed by atoms with E-state index in [2.05, 4.69) is 10.6 Å². The Morgan fingerprint density at radius 2 is 1.95 bits per heavy atom. The van der Waals surface area contributed by atoms with Crippen LogP contribution in [-0.4, -0.2) is 33.0 Å². The van der Waals surface area contributed by atoms with E-state index in [0.29, 0.717) is 10.6 Å². The Morgan fingerprint density at radius 1 is 1.18 bits per heavy atom. The molecule has 1 heterocycles. The second-order valence-corrected chi connectivity index (χ2v) is 7.47. The van der Waals surface area contributed by atoms with Crippen molar-refractivity contribution in [2.45, 2.75) is 4.90 Å². The van der Waals surface area contributed by atoms with Crippen molar-refractivity contribution in [1.82, 2.24) is 5.32 Å². The minimum Gasteiger partial charge on any atom is -0.342 e. The molecule has 6 nitrogen and oxygen atoms in total. The Labute approximate surface area is 132 Å². The lowest BCUT2D eigenvalue weighted by Gasteiger charge is -2.07. The van der Waals surface area contributed by atoms with Gasteiger partial charge in [-0.15, -0.1) is 11.3 Å². The molecule has 1 aromatic carbocycles. The molecule has 0 saturated carbocycles. The largest absolute Gasteiger partial charge is 0.342 e. The molecule has 22 heavy (non-hydrogen) atoms. The summed E-state index contributed by atoms with van der Waals surface area (Å²) in [5.74, 6) is -0.759. The Bertz CT molecular complexity index is 783. The molecule has 0 atom stereocenters. The number of hydrogen-bond acceptors (Lipinski definition) is 5. The molecule has 116 valence electrons. The maximum atomic E-state index is 11.8. The number of carbonyl (C=O) groups is 2. The fraction of sp³-hybridized carbons (Fsp3) is 0.143. The van der Waals surface area contributed by atoms with Gasteiger partial charge in [0.15, 0.2) is 9.84 Å². The number of thiophene rings is 1. The van der Waals surface area contributed by atoms with Crippen LogP contribution in [0.1, 0.15) is 9.67 Å². The summed E-state index contributed by atoms with van der Waals surface area (Å²) < 4.78 is 22.9. The zero-order valence-corrected chi connectivity index (χ0v) is 13.3. The standard InChI is InChI=1S/C14H14N2O4S2/c1-22(19,20)11-5-2-4-10(8-11)16-13(17)9-15-14(18)12-6-3-7-21-12/h2-8H,9H2,1H3,(H,15,18)(H,16,17). The Morgan fingerprint density at radius 3 is 2.59 bits per heavy atom. The molecule has 0 spiro atoms. The van der Waals surface area contributed by atoms with Gasteiger partial charge in [0.25, 0.3) is 5.91 Å². The molecule has 1 aromatic heterocycles. The lowest BCUT2D eigenvalue weighted by molar-refractivity contribution is -0.115. The van der Waals surface area contributed by atoms with E-state index in [0.717, 1.165) is 6.26 Å². The summed E-state index contributed by atoms with van der Waals surface area (Å²) in [4.78, 5) is 24.1. The van der Waals surface area contributed by atoms with Crippen LogP contribution in [0.5, 0.6) is 0 Å². The second-order valence-electron chi connectivity index (χ2n) is 4.51. The highest BCUT2D eigenvalue weighted by Crippen LogP contribution is 2.15. The summed E-state index contributed by atoms with van der Waals surface area (Å²) in [5.41, 5.74) is 0.360. The van der Waals surface area contributed by atoms with Crippen molar-refractivity contribution < 1.29 is 18.0 Å². The molecule has 0 fully saturated rings. The van der Waals surface area contributed by atoms with Gasteiger partial charge in [0, 0.05) is 11.9 Å². The molecule has 0 saturated heterocycles. The second kappa shape index (κ2) is 6.71. The van der Waals surface area contributed by atoms with Gasteiger partial charge in [-0.25, -0.2) is 8.42 Å². The SMILES string of the molecule is CS(=O)(=O)c1cccc(NC(=O)CNC(=O)c2cccs2)c1. The average Bonchev–Trinajstić information content (AvgIpc) is 2.98. The van der Waals surface area contributed by atoms with Gasteiger partial charge in [-0.3, -0.25) is 9.59 Å². The van der Waals surface area contributed by atoms with Crippen molar-refractivity contribution in [3.05, 3.63) is 46.7 Å². The van der Waals surface area contributed by atoms with Gasteiger partial charge in [0.2, 0.25) is 5.91 Å². The monoisotopic (exact) mass is 338 g/mol. The van der Waals surface area contributed by atoms with Gasteiger partial charge < -0.3 is 10.6 Å². The van der Waals surface area contributed by atoms with Crippen molar-refractivity contribution in [2.24, 2.45) is 0 Å². The molecule has 2 aromatic rings. The number of anilines is 1. The van der Waals surface area contributed by atoms with E-state index >= 15 is 0 Å². The van der Waals surface area contributed by atoms with Crippen molar-refractivity contribution in [1.29, 1.82) is 0 Å². The molecule has 0 aliphatic carbocycles. The number of amides is 2. The van der Waals surface area contributed by atoms with E-state index in [1.165, 1.54) is 29.5 Å². The zero-order chi connectivity index (χ0) is 16.2. The topological polar surface area (TPSA) is 92.3 Å². The highest BCUT2D eigenvalue weighted by Gasteiger charge is 2.11. The van der Waals surface area contributed by atoms with Crippen molar-refractivity contribution >= 4 is 38.7 Å². The van der Waals surface area contributed by atoms with Gasteiger partial charge in [0.05, 0.1) is 16.3 Å². The first-order valence-corrected chi connectivity index (χ1v) is 9.05. The molecule has 2 N–H and O–H groups in total. The minimum atomic E-state index is -3.34. The predicted molar refractivity (Wildman–Crippen MR) is 84.8 cm³/mol. The van der Waals surface area contributed by atoms with Crippen LogP contribution < -0.4 is 10.6 Å². The van der Waals surface area contributed by atoms with Gasteiger partial charge in [0.1, 0.15) is 0 Å². The summed E-state index contributed by atoms with van der Waals surface area (Å²) in [6.07, 6.45) is 1.09. The first-order chi connectivity index (χ1) is 10.4. The molecule has 0 radical (unpaired) electrons. The predicted octanol–water partition coefficient (Wildman–Crippen LogP) is 1.52. The first-order valence-electron chi connectivity index (χ1n) is 6.28. The summed E-state index contributed by atoms with van der Waals surface area (Å²) in [6, 6.07) is 9.34. The minimum absolute atomic E-state index is 0.118. The number of hydrogen-bond donors (Lipinski definition) is 2. The Kier molecular flexibility index (Phi) is 4.94. The Balaban J connectivity index is 1.94. The molecule has 8 heteroatoms. The van der Waals surface area contributed by atoms with E-state index in [-0.39, 0.29) is 17.3 Å². The Hall–Kier alpha value is -2.19. The summed E-state index contributed by atoms with van der Waals surface area (Å²) in [5, 5.41) is 6.80. The first kappa shape index (κ1) is 16.2. The van der Waals surface area contributed by atoms with Gasteiger partial charge in [-0.2, -0.15) is 0 Å². The number of nitrogens with one attached hydrogen (secondary N) is 2. The van der Waals surface area contributed by atoms with Crippen molar-refractivity contribution in [2.75, 3.05) is 18.1 Å². The third-order valence-electron chi connectivity index (χ3n) is 2.70. The average molecular weight is 338 g/mol. The lowest BCUT2D eigenvalue weighted by atomic mass is 10.3. The zero-order valence-electron chi connectivity index (χ0n) is 11.7. The van der Waals surface area contributed by atoms with Crippen LogP contribution in [0, 0.1) is 0 Å². The van der Waals surface area contributed by atoms with E-state index in [4.69, 9.17) is 0 Å². The molecule has 0 aliphatic heterocycles. The number of rotatable bonds is 5. The number of carbonyl (C=O) groups excluding carboxylic acids is 2. The van der Waals surface area contributed by atoms with Gasteiger partial charge in [-0.05, 0) is 29.6 Å². The number of benzene rings is 1. The van der Waals surface area contributed by atoms with Crippen LogP contribution in [0.25, 0.3) is 0 Å². The molecule has 2 amide bonds. The third-order valence-corrected chi connectivity index (χ3v) is 4.68. The smallest absolute Gasteiger partial charge is 0.261 e. The number of sulfone groups is 1. The van der Waals surface area contributed by atoms with Gasteiger partial charge in [-0.1, -0.05) is 12.1 Å². The van der Waals surface area contributed by atoms with Crippen molar-refractivity contribution in [3.63, 3.8) is 0 Å². The van der Waals surface area contributed by atoms with E-state index in [1.54, 1.807) is 23.6 Å². The van der Waals surface area contributed by atoms with Crippen LogP contribution >= 0.6 is 11.3 Å². The van der Waals surface area contributed by atoms with Crippen LogP contribution in [-0.2, 0) is 14.6 Å². The maximum absolute atomic E-state index is 11.8. The van der Waals surface area contributed by atoms with Crippen molar-refractivity contribution in [3.8, 4) is 0 Å². The fourth-order valence-electron chi connectivity index (χ4n) is 1.67. The van der Waals surface area contributed by atoms with Crippen LogP contribution in [0.3, 0.4) is 0 Å². The van der Waals surface area contributed by atoms with Crippen LogP contribution in [0.2, 0.25) is 0 Å². The highest BCUT2D eigenvalue weighted by molar-refractivity contribution is 7.90. The third kappa shape index (κ3) is 4.40. The molecule has 0 aliphatic rings. The molecular weight excluding hydrogens is 324 g/mol. The van der Waals surface area contributed by atoms with Gasteiger partial charge >= 0.3 is 0 Å². The van der Waals surface area contributed by atoms with E-state index < -0.39 is 15.7 Å². The molecule has 0 unspecified atom stereocenters. The summed E-state index contributed by atoms with van der Waals surface area (Å²) >= 11 is 1.28. The summed E-state index contributed by atoms with van der Waals surface area (Å²) in [6.45, 7) is -0.195. The highest BCUT2D eigenvalue weighted by atomic mass is 32.2. The van der Waals surface area contributed by atoms with Crippen LogP contribution in [0.4, 0.5) is 5.69 Å². The molecule has 2 rings (SSSR count). The molecular formula is C14H14N2O4S2.